The van der Waals surface area contributed by atoms with Gasteiger partial charge in [0.25, 0.3) is 5.91 Å². The zero-order valence-corrected chi connectivity index (χ0v) is 16.5. The molecule has 0 aliphatic heterocycles. The number of aromatic nitrogens is 2. The van der Waals surface area contributed by atoms with Crippen molar-refractivity contribution < 1.29 is 14.3 Å². The molecule has 2 N–H and O–H groups in total. The number of rotatable bonds is 6. The smallest absolute Gasteiger partial charge is 0.276 e. The normalized spacial score (nSPS) is 11.5. The van der Waals surface area contributed by atoms with Gasteiger partial charge in [-0.3, -0.25) is 14.9 Å². The summed E-state index contributed by atoms with van der Waals surface area (Å²) >= 11 is 1.34. The Morgan fingerprint density at radius 2 is 1.86 bits per heavy atom. The number of nitrogens with zero attached hydrogens (tertiary/aromatic N) is 2. The molecule has 2 aromatic heterocycles. The zero-order chi connectivity index (χ0) is 20.1. The van der Waals surface area contributed by atoms with Crippen LogP contribution >= 0.6 is 11.3 Å². The summed E-state index contributed by atoms with van der Waals surface area (Å²) in [6.07, 6.45) is 0. The number of carbonyl (C=O) groups excluding carboxylic acids is 2. The molecule has 0 radical (unpaired) electrons. The van der Waals surface area contributed by atoms with Gasteiger partial charge in [-0.1, -0.05) is 30.3 Å². The van der Waals surface area contributed by atoms with E-state index in [2.05, 4.69) is 20.6 Å². The maximum Gasteiger partial charge on any atom is 0.276 e. The van der Waals surface area contributed by atoms with Crippen LogP contribution in [0.15, 0.2) is 47.8 Å². The Hall–Kier alpha value is -3.26. The Morgan fingerprint density at radius 3 is 2.54 bits per heavy atom. The lowest BCUT2D eigenvalue weighted by Crippen LogP contribution is -2.23. The van der Waals surface area contributed by atoms with Crippen LogP contribution in [-0.2, 0) is 4.79 Å². The summed E-state index contributed by atoms with van der Waals surface area (Å²) in [5.41, 5.74) is 2.95. The average Bonchev–Trinajstić information content (AvgIpc) is 3.16. The van der Waals surface area contributed by atoms with Crippen LogP contribution in [-0.4, -0.2) is 28.9 Å². The molecule has 0 aliphatic carbocycles. The van der Waals surface area contributed by atoms with E-state index in [1.54, 1.807) is 18.2 Å². The highest BCUT2D eigenvalue weighted by atomic mass is 32.1. The summed E-state index contributed by atoms with van der Waals surface area (Å²) in [4.78, 5) is 32.1. The van der Waals surface area contributed by atoms with Crippen molar-refractivity contribution in [3.05, 3.63) is 59.1 Å². The molecule has 2 amide bonds. The molecule has 3 aromatic rings. The molecule has 7 nitrogen and oxygen atoms in total. The molecule has 28 heavy (non-hydrogen) atoms. The maximum atomic E-state index is 12.3. The Balaban J connectivity index is 1.69. The summed E-state index contributed by atoms with van der Waals surface area (Å²) in [5.74, 6) is -0.0395. The van der Waals surface area contributed by atoms with Crippen molar-refractivity contribution in [1.29, 1.82) is 0 Å². The van der Waals surface area contributed by atoms with Crippen LogP contribution in [0.3, 0.4) is 0 Å². The molecule has 1 aromatic carbocycles. The van der Waals surface area contributed by atoms with Gasteiger partial charge >= 0.3 is 0 Å². The number of pyridine rings is 1. The summed E-state index contributed by atoms with van der Waals surface area (Å²) in [6.45, 7) is 3.43. The highest BCUT2D eigenvalue weighted by Crippen LogP contribution is 2.26. The highest BCUT2D eigenvalue weighted by molar-refractivity contribution is 7.14. The third kappa shape index (κ3) is 4.72. The number of ether oxygens (including phenoxy) is 1. The predicted octanol–water partition coefficient (Wildman–Crippen LogP) is 3.66. The molecule has 3 rings (SSSR count). The van der Waals surface area contributed by atoms with Gasteiger partial charge in [0.05, 0.1) is 18.8 Å². The molecule has 0 aliphatic rings. The van der Waals surface area contributed by atoms with Crippen molar-refractivity contribution in [3.63, 3.8) is 0 Å². The number of thiazole rings is 1. The second-order valence-electron chi connectivity index (χ2n) is 6.10. The third-order valence-electron chi connectivity index (χ3n) is 4.02. The van der Waals surface area contributed by atoms with E-state index in [1.165, 1.54) is 25.4 Å². The van der Waals surface area contributed by atoms with Gasteiger partial charge in [0, 0.05) is 23.9 Å². The first kappa shape index (κ1) is 19.5. The van der Waals surface area contributed by atoms with Crippen molar-refractivity contribution in [3.8, 4) is 17.1 Å². The number of methoxy groups -OCH3 is 1. The van der Waals surface area contributed by atoms with Gasteiger partial charge in [0.2, 0.25) is 11.8 Å². The quantitative estimate of drug-likeness (QED) is 0.663. The monoisotopic (exact) mass is 396 g/mol. The zero-order valence-electron chi connectivity index (χ0n) is 15.7. The van der Waals surface area contributed by atoms with Crippen LogP contribution in [0, 0.1) is 0 Å². The molecule has 2 heterocycles. The molecule has 0 spiro atoms. The van der Waals surface area contributed by atoms with Gasteiger partial charge in [-0.15, -0.1) is 11.3 Å². The molecule has 144 valence electrons. The molecule has 0 bridgehead atoms. The van der Waals surface area contributed by atoms with E-state index in [0.29, 0.717) is 11.0 Å². The SMILES string of the molecule is COc1cccc(C(=O)Nc2nc(-c3ccc([C@@H](C)NC(C)=O)cc3)cs2)n1. The van der Waals surface area contributed by atoms with Gasteiger partial charge < -0.3 is 10.1 Å². The molecular weight excluding hydrogens is 376 g/mol. The molecular formula is C20H20N4O3S. The number of nitrogens with one attached hydrogen (secondary N) is 2. The summed E-state index contributed by atoms with van der Waals surface area (Å²) in [7, 11) is 1.50. The summed E-state index contributed by atoms with van der Waals surface area (Å²) < 4.78 is 5.04. The fraction of sp³-hybridized carbons (Fsp3) is 0.200. The first-order chi connectivity index (χ1) is 13.5. The van der Waals surface area contributed by atoms with Gasteiger partial charge in [-0.25, -0.2) is 9.97 Å². The number of benzene rings is 1. The van der Waals surface area contributed by atoms with Crippen molar-refractivity contribution in [2.24, 2.45) is 0 Å². The van der Waals surface area contributed by atoms with E-state index in [4.69, 9.17) is 4.74 Å². The number of hydrogen-bond acceptors (Lipinski definition) is 6. The van der Waals surface area contributed by atoms with Crippen LogP contribution < -0.4 is 15.4 Å². The lowest BCUT2D eigenvalue weighted by Gasteiger charge is -2.13. The Kier molecular flexibility index (Phi) is 6.00. The van der Waals surface area contributed by atoms with Gasteiger partial charge in [0.15, 0.2) is 5.13 Å². The number of amides is 2. The van der Waals surface area contributed by atoms with E-state index in [9.17, 15) is 9.59 Å². The minimum absolute atomic E-state index is 0.0628. The van der Waals surface area contributed by atoms with Crippen molar-refractivity contribution in [1.82, 2.24) is 15.3 Å². The highest BCUT2D eigenvalue weighted by Gasteiger charge is 2.13. The minimum Gasteiger partial charge on any atom is -0.481 e. The average molecular weight is 396 g/mol. The van der Waals surface area contributed by atoms with Crippen LogP contribution in [0.4, 0.5) is 5.13 Å². The topological polar surface area (TPSA) is 93.2 Å². The van der Waals surface area contributed by atoms with E-state index in [-0.39, 0.29) is 23.6 Å². The standard InChI is InChI=1S/C20H20N4O3S/c1-12(21-13(2)25)14-7-9-15(10-8-14)17-11-28-20(23-17)24-19(26)16-5-4-6-18(22-16)27-3/h4-12H,1-3H3,(H,21,25)(H,23,24,26)/t12-/m1/s1. The maximum absolute atomic E-state index is 12.3. The van der Waals surface area contributed by atoms with Crippen molar-refractivity contribution >= 4 is 28.3 Å². The molecule has 0 fully saturated rings. The van der Waals surface area contributed by atoms with E-state index in [1.807, 2.05) is 36.6 Å². The Morgan fingerprint density at radius 1 is 1.11 bits per heavy atom. The van der Waals surface area contributed by atoms with Crippen LogP contribution in [0.5, 0.6) is 5.88 Å². The molecule has 0 saturated carbocycles. The van der Waals surface area contributed by atoms with Gasteiger partial charge in [-0.2, -0.15) is 0 Å². The third-order valence-corrected chi connectivity index (χ3v) is 4.77. The summed E-state index contributed by atoms with van der Waals surface area (Å²) in [5, 5.41) is 7.97. The molecule has 8 heteroatoms. The number of carbonyl (C=O) groups is 2. The van der Waals surface area contributed by atoms with E-state index >= 15 is 0 Å². The largest absolute Gasteiger partial charge is 0.481 e. The Bertz CT molecular complexity index is 985. The Labute approximate surface area is 166 Å². The lowest BCUT2D eigenvalue weighted by atomic mass is 10.1. The van der Waals surface area contributed by atoms with Gasteiger partial charge in [-0.05, 0) is 18.6 Å². The van der Waals surface area contributed by atoms with Crippen molar-refractivity contribution in [2.45, 2.75) is 19.9 Å². The first-order valence-electron chi connectivity index (χ1n) is 8.61. The van der Waals surface area contributed by atoms with Crippen LogP contribution in [0.25, 0.3) is 11.3 Å². The van der Waals surface area contributed by atoms with Crippen LogP contribution in [0.2, 0.25) is 0 Å². The molecule has 1 atom stereocenters. The second kappa shape index (κ2) is 8.62. The lowest BCUT2D eigenvalue weighted by molar-refractivity contribution is -0.119. The van der Waals surface area contributed by atoms with Crippen molar-refractivity contribution in [2.75, 3.05) is 12.4 Å². The van der Waals surface area contributed by atoms with E-state index in [0.717, 1.165) is 16.8 Å². The van der Waals surface area contributed by atoms with E-state index < -0.39 is 0 Å². The fourth-order valence-corrected chi connectivity index (χ4v) is 3.33. The van der Waals surface area contributed by atoms with Gasteiger partial charge in [0.1, 0.15) is 5.69 Å². The number of anilines is 1. The van der Waals surface area contributed by atoms with Crippen LogP contribution in [0.1, 0.15) is 35.9 Å². The second-order valence-corrected chi connectivity index (χ2v) is 6.96. The fourth-order valence-electron chi connectivity index (χ4n) is 2.61. The molecule has 0 unspecified atom stereocenters. The number of hydrogen-bond donors (Lipinski definition) is 2. The predicted molar refractivity (Wildman–Crippen MR) is 109 cm³/mol. The summed E-state index contributed by atoms with van der Waals surface area (Å²) in [6, 6.07) is 12.7. The minimum atomic E-state index is -0.348. The molecule has 0 saturated heterocycles. The first-order valence-corrected chi connectivity index (χ1v) is 9.49.